The molecule has 3 rings (SSSR count). The SMILES string of the molecule is CCN(Cc1ccccc1)C(=O)c1cc(NC(=O)c2cccs2)n(C)n1. The van der Waals surface area contributed by atoms with Crippen LogP contribution in [-0.2, 0) is 13.6 Å². The summed E-state index contributed by atoms with van der Waals surface area (Å²) in [5.41, 5.74) is 1.37. The van der Waals surface area contributed by atoms with E-state index in [1.165, 1.54) is 16.0 Å². The third-order valence-corrected chi connectivity index (χ3v) is 4.84. The van der Waals surface area contributed by atoms with Crippen LogP contribution >= 0.6 is 11.3 Å². The van der Waals surface area contributed by atoms with Gasteiger partial charge in [-0.3, -0.25) is 14.3 Å². The molecule has 0 atom stereocenters. The predicted octanol–water partition coefficient (Wildman–Crippen LogP) is 3.40. The molecule has 1 N–H and O–H groups in total. The van der Waals surface area contributed by atoms with Crippen LogP contribution in [0.2, 0.25) is 0 Å². The Labute approximate surface area is 156 Å². The van der Waals surface area contributed by atoms with Gasteiger partial charge in [0.05, 0.1) is 4.88 Å². The summed E-state index contributed by atoms with van der Waals surface area (Å²) in [6, 6.07) is 15.0. The van der Waals surface area contributed by atoms with E-state index in [4.69, 9.17) is 0 Å². The third kappa shape index (κ3) is 4.00. The molecular formula is C19H20N4O2S. The van der Waals surface area contributed by atoms with Gasteiger partial charge >= 0.3 is 0 Å². The highest BCUT2D eigenvalue weighted by Crippen LogP contribution is 2.16. The molecule has 2 aromatic heterocycles. The van der Waals surface area contributed by atoms with Gasteiger partial charge in [0.25, 0.3) is 11.8 Å². The Hall–Kier alpha value is -2.93. The second kappa shape index (κ2) is 7.97. The molecule has 7 heteroatoms. The molecule has 1 aromatic carbocycles. The van der Waals surface area contributed by atoms with Crippen molar-refractivity contribution in [3.8, 4) is 0 Å². The van der Waals surface area contributed by atoms with E-state index < -0.39 is 0 Å². The summed E-state index contributed by atoms with van der Waals surface area (Å²) in [6.07, 6.45) is 0. The van der Waals surface area contributed by atoms with E-state index in [0.29, 0.717) is 29.5 Å². The highest BCUT2D eigenvalue weighted by molar-refractivity contribution is 7.12. The Morgan fingerprint density at radius 1 is 1.19 bits per heavy atom. The lowest BCUT2D eigenvalue weighted by Gasteiger charge is -2.19. The van der Waals surface area contributed by atoms with E-state index in [0.717, 1.165) is 5.56 Å². The number of anilines is 1. The lowest BCUT2D eigenvalue weighted by molar-refractivity contribution is 0.0745. The van der Waals surface area contributed by atoms with Crippen molar-refractivity contribution in [1.82, 2.24) is 14.7 Å². The number of nitrogens with one attached hydrogen (secondary N) is 1. The predicted molar refractivity (Wildman–Crippen MR) is 102 cm³/mol. The standard InChI is InChI=1S/C19H20N4O2S/c1-3-23(13-14-8-5-4-6-9-14)19(25)15-12-17(22(2)21-15)20-18(24)16-10-7-11-26-16/h4-12H,3,13H2,1-2H3,(H,20,24). The Bertz CT molecular complexity index is 888. The van der Waals surface area contributed by atoms with Crippen LogP contribution in [0.1, 0.15) is 32.6 Å². The number of carbonyl (C=O) groups is 2. The molecule has 0 aliphatic carbocycles. The Morgan fingerprint density at radius 3 is 2.62 bits per heavy atom. The van der Waals surface area contributed by atoms with Crippen molar-refractivity contribution in [3.05, 3.63) is 70.0 Å². The second-order valence-corrected chi connectivity index (χ2v) is 6.72. The van der Waals surface area contributed by atoms with Crippen LogP contribution in [-0.4, -0.2) is 33.0 Å². The van der Waals surface area contributed by atoms with Crippen molar-refractivity contribution in [2.75, 3.05) is 11.9 Å². The van der Waals surface area contributed by atoms with Crippen LogP contribution in [0, 0.1) is 0 Å². The summed E-state index contributed by atoms with van der Waals surface area (Å²) in [5, 5.41) is 8.91. The first-order chi connectivity index (χ1) is 12.6. The van der Waals surface area contributed by atoms with Gasteiger partial charge in [0, 0.05) is 26.2 Å². The molecule has 2 amide bonds. The number of amides is 2. The van der Waals surface area contributed by atoms with E-state index in [2.05, 4.69) is 10.4 Å². The van der Waals surface area contributed by atoms with Gasteiger partial charge in [-0.25, -0.2) is 0 Å². The van der Waals surface area contributed by atoms with Gasteiger partial charge in [-0.05, 0) is 23.9 Å². The van der Waals surface area contributed by atoms with Crippen LogP contribution < -0.4 is 5.32 Å². The number of thiophene rings is 1. The Balaban J connectivity index is 1.74. The van der Waals surface area contributed by atoms with Crippen LogP contribution in [0.4, 0.5) is 5.82 Å². The Kier molecular flexibility index (Phi) is 5.48. The van der Waals surface area contributed by atoms with Gasteiger partial charge in [-0.2, -0.15) is 5.10 Å². The molecule has 2 heterocycles. The Morgan fingerprint density at radius 2 is 1.96 bits per heavy atom. The minimum absolute atomic E-state index is 0.163. The number of nitrogens with zero attached hydrogens (tertiary/aromatic N) is 3. The minimum Gasteiger partial charge on any atom is -0.333 e. The monoisotopic (exact) mass is 368 g/mol. The van der Waals surface area contributed by atoms with Crippen LogP contribution in [0.25, 0.3) is 0 Å². The second-order valence-electron chi connectivity index (χ2n) is 5.77. The van der Waals surface area contributed by atoms with Gasteiger partial charge in [0.15, 0.2) is 5.69 Å². The fourth-order valence-electron chi connectivity index (χ4n) is 2.57. The first kappa shape index (κ1) is 17.9. The maximum atomic E-state index is 12.8. The molecule has 134 valence electrons. The summed E-state index contributed by atoms with van der Waals surface area (Å²) in [6.45, 7) is 3.02. The van der Waals surface area contributed by atoms with Gasteiger partial charge < -0.3 is 10.2 Å². The normalized spacial score (nSPS) is 10.5. The zero-order valence-corrected chi connectivity index (χ0v) is 15.5. The first-order valence-corrected chi connectivity index (χ1v) is 9.18. The van der Waals surface area contributed by atoms with Crippen LogP contribution in [0.15, 0.2) is 53.9 Å². The third-order valence-electron chi connectivity index (χ3n) is 3.97. The van der Waals surface area contributed by atoms with Crippen molar-refractivity contribution in [2.24, 2.45) is 7.05 Å². The fraction of sp³-hybridized carbons (Fsp3) is 0.211. The number of benzene rings is 1. The first-order valence-electron chi connectivity index (χ1n) is 8.30. The lowest BCUT2D eigenvalue weighted by atomic mass is 10.2. The molecule has 6 nitrogen and oxygen atoms in total. The van der Waals surface area contributed by atoms with E-state index >= 15 is 0 Å². The molecule has 0 unspecified atom stereocenters. The molecule has 0 aliphatic heterocycles. The summed E-state index contributed by atoms with van der Waals surface area (Å²) in [7, 11) is 1.70. The molecular weight excluding hydrogens is 348 g/mol. The summed E-state index contributed by atoms with van der Waals surface area (Å²) in [5.74, 6) is 0.115. The minimum atomic E-state index is -0.210. The van der Waals surface area contributed by atoms with Crippen molar-refractivity contribution in [3.63, 3.8) is 0 Å². The number of aromatic nitrogens is 2. The molecule has 26 heavy (non-hydrogen) atoms. The molecule has 0 saturated heterocycles. The maximum Gasteiger partial charge on any atom is 0.274 e. The average molecular weight is 368 g/mol. The maximum absolute atomic E-state index is 12.8. The molecule has 0 bridgehead atoms. The van der Waals surface area contributed by atoms with Crippen molar-refractivity contribution >= 4 is 29.0 Å². The molecule has 0 aliphatic rings. The molecule has 0 saturated carbocycles. The van der Waals surface area contributed by atoms with E-state index in [1.807, 2.05) is 48.7 Å². The van der Waals surface area contributed by atoms with E-state index in [1.54, 1.807) is 24.1 Å². The number of aryl methyl sites for hydroxylation is 1. The summed E-state index contributed by atoms with van der Waals surface area (Å²) >= 11 is 1.36. The quantitative estimate of drug-likeness (QED) is 0.725. The topological polar surface area (TPSA) is 67.2 Å². The summed E-state index contributed by atoms with van der Waals surface area (Å²) < 4.78 is 1.51. The van der Waals surface area contributed by atoms with Gasteiger partial charge in [-0.15, -0.1) is 11.3 Å². The number of hydrogen-bond donors (Lipinski definition) is 1. The fourth-order valence-corrected chi connectivity index (χ4v) is 3.19. The molecule has 3 aromatic rings. The van der Waals surface area contributed by atoms with Gasteiger partial charge in [0.1, 0.15) is 5.82 Å². The molecule has 0 radical (unpaired) electrons. The van der Waals surface area contributed by atoms with E-state index in [9.17, 15) is 9.59 Å². The zero-order valence-electron chi connectivity index (χ0n) is 14.7. The van der Waals surface area contributed by atoms with E-state index in [-0.39, 0.29) is 11.8 Å². The zero-order chi connectivity index (χ0) is 18.5. The number of carbonyl (C=O) groups excluding carboxylic acids is 2. The van der Waals surface area contributed by atoms with Crippen LogP contribution in [0.5, 0.6) is 0 Å². The smallest absolute Gasteiger partial charge is 0.274 e. The summed E-state index contributed by atoms with van der Waals surface area (Å²) in [4.78, 5) is 27.3. The van der Waals surface area contributed by atoms with Gasteiger partial charge in [0.2, 0.25) is 0 Å². The largest absolute Gasteiger partial charge is 0.333 e. The van der Waals surface area contributed by atoms with Crippen LogP contribution in [0.3, 0.4) is 0 Å². The highest BCUT2D eigenvalue weighted by Gasteiger charge is 2.20. The molecule has 0 spiro atoms. The highest BCUT2D eigenvalue weighted by atomic mass is 32.1. The average Bonchev–Trinajstić information content (AvgIpc) is 3.30. The van der Waals surface area contributed by atoms with Crippen molar-refractivity contribution in [2.45, 2.75) is 13.5 Å². The number of rotatable bonds is 6. The lowest BCUT2D eigenvalue weighted by Crippen LogP contribution is -2.30. The molecule has 0 fully saturated rings. The number of hydrogen-bond acceptors (Lipinski definition) is 4. The van der Waals surface area contributed by atoms with Crippen molar-refractivity contribution < 1.29 is 9.59 Å². The van der Waals surface area contributed by atoms with Gasteiger partial charge in [-0.1, -0.05) is 36.4 Å². The van der Waals surface area contributed by atoms with Crippen molar-refractivity contribution in [1.29, 1.82) is 0 Å².